The number of hydrogen-bond donors (Lipinski definition) is 0. The van der Waals surface area contributed by atoms with E-state index < -0.39 is 0 Å². The van der Waals surface area contributed by atoms with Crippen molar-refractivity contribution in [2.45, 2.75) is 19.4 Å². The summed E-state index contributed by atoms with van der Waals surface area (Å²) >= 11 is 0. The van der Waals surface area contributed by atoms with Crippen molar-refractivity contribution in [2.24, 2.45) is 0 Å². The number of rotatable bonds is 3. The molecule has 154 valence electrons. The molecule has 0 amide bonds. The number of piperazine rings is 1. The van der Waals surface area contributed by atoms with Crippen molar-refractivity contribution in [1.29, 1.82) is 5.26 Å². The molecule has 8 heteroatoms. The molecular weight excluding hydrogens is 378 g/mol. The van der Waals surface area contributed by atoms with Gasteiger partial charge in [0.2, 0.25) is 0 Å². The smallest absolute Gasteiger partial charge is 0.166 e. The van der Waals surface area contributed by atoms with Crippen LogP contribution < -0.4 is 4.90 Å². The zero-order valence-corrected chi connectivity index (χ0v) is 17.4. The van der Waals surface area contributed by atoms with Gasteiger partial charge in [-0.05, 0) is 32.5 Å². The third-order valence-electron chi connectivity index (χ3n) is 6.00. The average Bonchev–Trinajstić information content (AvgIpc) is 3.41. The van der Waals surface area contributed by atoms with Crippen LogP contribution in [-0.4, -0.2) is 70.9 Å². The summed E-state index contributed by atoms with van der Waals surface area (Å²) in [7, 11) is 2.14. The molecule has 2 aliphatic heterocycles. The van der Waals surface area contributed by atoms with Crippen LogP contribution in [0, 0.1) is 18.3 Å². The maximum Gasteiger partial charge on any atom is 0.166 e. The number of nitriles is 1. The SMILES string of the molecule is Cc1nc(N2CCN(C)CC2)c2nc(-c3ccccc3C#N)n(C3CCOC3)c2n1. The highest BCUT2D eigenvalue weighted by atomic mass is 16.5. The number of anilines is 1. The van der Waals surface area contributed by atoms with Gasteiger partial charge in [-0.25, -0.2) is 15.0 Å². The van der Waals surface area contributed by atoms with Gasteiger partial charge in [-0.1, -0.05) is 12.1 Å². The molecular formula is C22H25N7O. The second-order valence-corrected chi connectivity index (χ2v) is 8.04. The molecule has 0 N–H and O–H groups in total. The molecule has 3 aromatic rings. The first-order valence-corrected chi connectivity index (χ1v) is 10.4. The molecule has 30 heavy (non-hydrogen) atoms. The Bertz CT molecular complexity index is 1120. The van der Waals surface area contributed by atoms with Crippen LogP contribution in [0.25, 0.3) is 22.6 Å². The van der Waals surface area contributed by atoms with Gasteiger partial charge >= 0.3 is 0 Å². The van der Waals surface area contributed by atoms with Crippen LogP contribution >= 0.6 is 0 Å². The first-order valence-electron chi connectivity index (χ1n) is 10.4. The number of aromatic nitrogens is 4. The number of benzene rings is 1. The van der Waals surface area contributed by atoms with Crippen molar-refractivity contribution in [3.8, 4) is 17.5 Å². The molecule has 1 aromatic carbocycles. The third kappa shape index (κ3) is 3.20. The second-order valence-electron chi connectivity index (χ2n) is 8.04. The zero-order chi connectivity index (χ0) is 20.7. The number of likely N-dealkylation sites (N-methyl/N-ethyl adjacent to an activating group) is 1. The lowest BCUT2D eigenvalue weighted by Gasteiger charge is -2.33. The minimum absolute atomic E-state index is 0.145. The molecule has 0 aliphatic carbocycles. The average molecular weight is 403 g/mol. The fourth-order valence-corrected chi connectivity index (χ4v) is 4.34. The summed E-state index contributed by atoms with van der Waals surface area (Å²) in [5.41, 5.74) is 3.07. The molecule has 0 radical (unpaired) electrons. The molecule has 2 aliphatic rings. The Morgan fingerprint density at radius 2 is 1.90 bits per heavy atom. The van der Waals surface area contributed by atoms with E-state index in [9.17, 15) is 5.26 Å². The molecule has 0 spiro atoms. The van der Waals surface area contributed by atoms with Gasteiger partial charge in [0.1, 0.15) is 11.6 Å². The Labute approximate surface area is 175 Å². The number of hydrogen-bond acceptors (Lipinski definition) is 7. The summed E-state index contributed by atoms with van der Waals surface area (Å²) in [6.45, 7) is 7.08. The Morgan fingerprint density at radius 3 is 2.63 bits per heavy atom. The molecule has 2 saturated heterocycles. The van der Waals surface area contributed by atoms with Crippen molar-refractivity contribution in [2.75, 3.05) is 51.3 Å². The topological polar surface area (TPSA) is 83.1 Å². The highest BCUT2D eigenvalue weighted by Crippen LogP contribution is 2.35. The lowest BCUT2D eigenvalue weighted by atomic mass is 10.1. The number of aryl methyl sites for hydroxylation is 1. The summed E-state index contributed by atoms with van der Waals surface area (Å²) < 4.78 is 7.87. The number of fused-ring (bicyclic) bond motifs is 1. The molecule has 5 rings (SSSR count). The Kier molecular flexibility index (Phi) is 4.85. The van der Waals surface area contributed by atoms with Gasteiger partial charge in [0.05, 0.1) is 24.3 Å². The Morgan fingerprint density at radius 1 is 1.10 bits per heavy atom. The van der Waals surface area contributed by atoms with Crippen molar-refractivity contribution in [3.05, 3.63) is 35.7 Å². The first-order chi connectivity index (χ1) is 14.7. The van der Waals surface area contributed by atoms with Crippen LogP contribution in [-0.2, 0) is 4.74 Å². The molecule has 1 unspecified atom stereocenters. The highest BCUT2D eigenvalue weighted by molar-refractivity contribution is 5.88. The van der Waals surface area contributed by atoms with Crippen LogP contribution in [0.2, 0.25) is 0 Å². The van der Waals surface area contributed by atoms with Crippen LogP contribution in [0.5, 0.6) is 0 Å². The molecule has 2 aromatic heterocycles. The normalized spacial score (nSPS) is 20.0. The van der Waals surface area contributed by atoms with Gasteiger partial charge in [-0.3, -0.25) is 0 Å². The van der Waals surface area contributed by atoms with Gasteiger partial charge in [0, 0.05) is 38.3 Å². The van der Waals surface area contributed by atoms with E-state index in [-0.39, 0.29) is 6.04 Å². The van der Waals surface area contributed by atoms with E-state index in [1.165, 1.54) is 0 Å². The lowest BCUT2D eigenvalue weighted by molar-refractivity contribution is 0.187. The van der Waals surface area contributed by atoms with Crippen LogP contribution in [0.1, 0.15) is 23.9 Å². The summed E-state index contributed by atoms with van der Waals surface area (Å²) in [5, 5.41) is 9.69. The minimum atomic E-state index is 0.145. The monoisotopic (exact) mass is 403 g/mol. The molecule has 0 saturated carbocycles. The predicted molar refractivity (Wildman–Crippen MR) is 114 cm³/mol. The maximum absolute atomic E-state index is 9.69. The zero-order valence-electron chi connectivity index (χ0n) is 17.4. The minimum Gasteiger partial charge on any atom is -0.379 e. The van der Waals surface area contributed by atoms with Crippen molar-refractivity contribution in [1.82, 2.24) is 24.4 Å². The Hall–Kier alpha value is -3.02. The van der Waals surface area contributed by atoms with E-state index >= 15 is 0 Å². The number of nitrogens with zero attached hydrogens (tertiary/aromatic N) is 7. The third-order valence-corrected chi connectivity index (χ3v) is 6.00. The second kappa shape index (κ2) is 7.67. The van der Waals surface area contributed by atoms with Crippen LogP contribution in [0.4, 0.5) is 5.82 Å². The fourth-order valence-electron chi connectivity index (χ4n) is 4.34. The van der Waals surface area contributed by atoms with Gasteiger partial charge < -0.3 is 19.1 Å². The molecule has 1 atom stereocenters. The van der Waals surface area contributed by atoms with E-state index in [1.807, 2.05) is 31.2 Å². The van der Waals surface area contributed by atoms with Crippen LogP contribution in [0.3, 0.4) is 0 Å². The first kappa shape index (κ1) is 19.0. The lowest BCUT2D eigenvalue weighted by Crippen LogP contribution is -2.45. The van der Waals surface area contributed by atoms with Crippen LogP contribution in [0.15, 0.2) is 24.3 Å². The van der Waals surface area contributed by atoms with Gasteiger partial charge in [-0.2, -0.15) is 5.26 Å². The van der Waals surface area contributed by atoms with E-state index in [4.69, 9.17) is 19.7 Å². The number of ether oxygens (including phenoxy) is 1. The van der Waals surface area contributed by atoms with E-state index in [1.54, 1.807) is 0 Å². The molecule has 8 nitrogen and oxygen atoms in total. The summed E-state index contributed by atoms with van der Waals surface area (Å²) in [4.78, 5) is 19.3. The van der Waals surface area contributed by atoms with E-state index in [0.29, 0.717) is 12.2 Å². The van der Waals surface area contributed by atoms with Gasteiger partial charge in [-0.15, -0.1) is 0 Å². The highest BCUT2D eigenvalue weighted by Gasteiger charge is 2.29. The summed E-state index contributed by atoms with van der Waals surface area (Å²) in [6.07, 6.45) is 0.903. The standard InChI is InChI=1S/C22H25N7O/c1-15-24-21(28-10-8-27(2)9-11-28)19-22(25-15)29(17-7-12-30-14-17)20(26-19)18-6-4-3-5-16(18)13-23/h3-6,17H,7-12,14H2,1-2H3. The Balaban J connectivity index is 1.74. The largest absolute Gasteiger partial charge is 0.379 e. The van der Waals surface area contributed by atoms with E-state index in [0.717, 1.165) is 73.4 Å². The van der Waals surface area contributed by atoms with E-state index in [2.05, 4.69) is 27.5 Å². The summed E-state index contributed by atoms with van der Waals surface area (Å²) in [6, 6.07) is 10.1. The summed E-state index contributed by atoms with van der Waals surface area (Å²) in [5.74, 6) is 2.39. The number of imidazole rings is 1. The predicted octanol–water partition coefficient (Wildman–Crippen LogP) is 2.39. The molecule has 0 bridgehead atoms. The van der Waals surface area contributed by atoms with Crippen molar-refractivity contribution in [3.63, 3.8) is 0 Å². The molecule has 4 heterocycles. The van der Waals surface area contributed by atoms with Gasteiger partial charge in [0.15, 0.2) is 17.0 Å². The quantitative estimate of drug-likeness (QED) is 0.664. The van der Waals surface area contributed by atoms with Crippen molar-refractivity contribution < 1.29 is 4.74 Å². The van der Waals surface area contributed by atoms with Gasteiger partial charge in [0.25, 0.3) is 0 Å². The molecule has 2 fully saturated rings. The van der Waals surface area contributed by atoms with Crippen molar-refractivity contribution >= 4 is 17.0 Å². The maximum atomic E-state index is 9.69. The fraction of sp³-hybridized carbons (Fsp3) is 0.455.